The second-order valence-electron chi connectivity index (χ2n) is 6.16. The lowest BCUT2D eigenvalue weighted by atomic mass is 9.96. The van der Waals surface area contributed by atoms with Crippen LogP contribution in [0.3, 0.4) is 0 Å². The average Bonchev–Trinajstić information content (AvgIpc) is 3.20. The van der Waals surface area contributed by atoms with Gasteiger partial charge in [0.1, 0.15) is 5.54 Å². The summed E-state index contributed by atoms with van der Waals surface area (Å²) in [5, 5.41) is 10.3. The van der Waals surface area contributed by atoms with Crippen molar-refractivity contribution in [3.8, 4) is 0 Å². The van der Waals surface area contributed by atoms with Crippen LogP contribution in [0.25, 0.3) is 0 Å². The van der Waals surface area contributed by atoms with E-state index in [1.54, 1.807) is 0 Å². The maximum absolute atomic E-state index is 12.2. The Morgan fingerprint density at radius 3 is 2.61 bits per heavy atom. The SMILES string of the molecule is CCN(CC)Cc1nc(C2(NC(=O)CCNC)CCCC2)no1. The molecule has 1 aromatic rings. The zero-order valence-corrected chi connectivity index (χ0v) is 14.5. The van der Waals surface area contributed by atoms with E-state index in [1.165, 1.54) is 0 Å². The van der Waals surface area contributed by atoms with Gasteiger partial charge in [-0.05, 0) is 33.0 Å². The van der Waals surface area contributed by atoms with Crippen LogP contribution in [0.4, 0.5) is 0 Å². The number of amides is 1. The van der Waals surface area contributed by atoms with Crippen molar-refractivity contribution in [2.75, 3.05) is 26.7 Å². The fourth-order valence-electron chi connectivity index (χ4n) is 3.10. The van der Waals surface area contributed by atoms with E-state index >= 15 is 0 Å². The predicted molar refractivity (Wildman–Crippen MR) is 87.8 cm³/mol. The molecule has 0 saturated heterocycles. The van der Waals surface area contributed by atoms with Crippen molar-refractivity contribution in [2.24, 2.45) is 0 Å². The molecule has 2 N–H and O–H groups in total. The Bertz CT molecular complexity index is 492. The Kier molecular flexibility index (Phi) is 6.53. The summed E-state index contributed by atoms with van der Waals surface area (Å²) in [7, 11) is 1.84. The molecule has 2 rings (SSSR count). The number of aromatic nitrogens is 2. The molecule has 0 radical (unpaired) electrons. The van der Waals surface area contributed by atoms with Crippen molar-refractivity contribution in [2.45, 2.75) is 58.0 Å². The van der Waals surface area contributed by atoms with Gasteiger partial charge in [-0.1, -0.05) is 31.8 Å². The highest BCUT2D eigenvalue weighted by Crippen LogP contribution is 2.37. The second-order valence-corrected chi connectivity index (χ2v) is 6.16. The van der Waals surface area contributed by atoms with Gasteiger partial charge in [-0.15, -0.1) is 0 Å². The molecule has 1 aromatic heterocycles. The van der Waals surface area contributed by atoms with E-state index in [-0.39, 0.29) is 5.91 Å². The van der Waals surface area contributed by atoms with Crippen molar-refractivity contribution < 1.29 is 9.32 Å². The number of hydrogen-bond acceptors (Lipinski definition) is 6. The fraction of sp³-hybridized carbons (Fsp3) is 0.812. The van der Waals surface area contributed by atoms with Gasteiger partial charge in [0.25, 0.3) is 0 Å². The first-order valence-corrected chi connectivity index (χ1v) is 8.64. The fourth-order valence-corrected chi connectivity index (χ4v) is 3.10. The molecule has 0 bridgehead atoms. The molecule has 1 fully saturated rings. The Balaban J connectivity index is 2.08. The summed E-state index contributed by atoms with van der Waals surface area (Å²) < 4.78 is 5.43. The lowest BCUT2D eigenvalue weighted by Crippen LogP contribution is -2.45. The Morgan fingerprint density at radius 2 is 2.00 bits per heavy atom. The molecule has 1 aliphatic carbocycles. The molecule has 0 atom stereocenters. The average molecular weight is 323 g/mol. The van der Waals surface area contributed by atoms with Crippen molar-refractivity contribution in [3.63, 3.8) is 0 Å². The van der Waals surface area contributed by atoms with Crippen LogP contribution in [-0.4, -0.2) is 47.6 Å². The van der Waals surface area contributed by atoms with Gasteiger partial charge in [-0.25, -0.2) is 0 Å². The minimum atomic E-state index is -0.449. The van der Waals surface area contributed by atoms with E-state index in [0.29, 0.717) is 31.2 Å². The van der Waals surface area contributed by atoms with Crippen LogP contribution < -0.4 is 10.6 Å². The summed E-state index contributed by atoms with van der Waals surface area (Å²) in [4.78, 5) is 19.0. The van der Waals surface area contributed by atoms with Gasteiger partial charge < -0.3 is 15.2 Å². The van der Waals surface area contributed by atoms with Crippen molar-refractivity contribution in [1.82, 2.24) is 25.7 Å². The maximum Gasteiger partial charge on any atom is 0.240 e. The standard InChI is InChI=1S/C16H29N5O2/c1-4-21(5-2)12-14-18-15(20-23-14)16(9-6-7-10-16)19-13(22)8-11-17-3/h17H,4-12H2,1-3H3,(H,19,22). The molecule has 0 aromatic carbocycles. The molecular formula is C16H29N5O2. The topological polar surface area (TPSA) is 83.3 Å². The van der Waals surface area contributed by atoms with Crippen LogP contribution in [0.1, 0.15) is 57.7 Å². The minimum absolute atomic E-state index is 0.0383. The molecule has 0 aliphatic heterocycles. The zero-order chi connectivity index (χ0) is 16.7. The normalized spacial score (nSPS) is 16.9. The first kappa shape index (κ1) is 17.9. The lowest BCUT2D eigenvalue weighted by Gasteiger charge is -2.26. The molecule has 0 unspecified atom stereocenters. The van der Waals surface area contributed by atoms with Gasteiger partial charge in [0.15, 0.2) is 5.82 Å². The van der Waals surface area contributed by atoms with Crippen molar-refractivity contribution >= 4 is 5.91 Å². The highest BCUT2D eigenvalue weighted by Gasteiger charge is 2.41. The number of nitrogens with zero attached hydrogens (tertiary/aromatic N) is 3. The smallest absolute Gasteiger partial charge is 0.240 e. The first-order chi connectivity index (χ1) is 11.1. The minimum Gasteiger partial charge on any atom is -0.343 e. The third-order valence-electron chi connectivity index (χ3n) is 4.59. The molecular weight excluding hydrogens is 294 g/mol. The van der Waals surface area contributed by atoms with Crippen LogP contribution in [0.5, 0.6) is 0 Å². The molecule has 0 spiro atoms. The zero-order valence-electron chi connectivity index (χ0n) is 14.5. The molecule has 23 heavy (non-hydrogen) atoms. The van der Waals surface area contributed by atoms with Gasteiger partial charge in [-0.3, -0.25) is 9.69 Å². The number of carbonyl (C=O) groups is 1. The number of carbonyl (C=O) groups excluding carboxylic acids is 1. The number of rotatable bonds is 9. The quantitative estimate of drug-likeness (QED) is 0.715. The third kappa shape index (κ3) is 4.51. The summed E-state index contributed by atoms with van der Waals surface area (Å²) in [6.45, 7) is 7.44. The summed E-state index contributed by atoms with van der Waals surface area (Å²) in [5.41, 5.74) is -0.449. The molecule has 1 amide bonds. The molecule has 130 valence electrons. The predicted octanol–water partition coefficient (Wildman–Crippen LogP) is 1.41. The van der Waals surface area contributed by atoms with Crippen LogP contribution in [0.2, 0.25) is 0 Å². The Morgan fingerprint density at radius 1 is 1.30 bits per heavy atom. The van der Waals surface area contributed by atoms with Gasteiger partial charge in [-0.2, -0.15) is 4.98 Å². The number of nitrogens with one attached hydrogen (secondary N) is 2. The van der Waals surface area contributed by atoms with Crippen molar-refractivity contribution in [3.05, 3.63) is 11.7 Å². The first-order valence-electron chi connectivity index (χ1n) is 8.64. The van der Waals surface area contributed by atoms with Gasteiger partial charge in [0, 0.05) is 13.0 Å². The van der Waals surface area contributed by atoms with E-state index < -0.39 is 5.54 Å². The van der Waals surface area contributed by atoms with Gasteiger partial charge in [0.05, 0.1) is 6.54 Å². The van der Waals surface area contributed by atoms with Crippen LogP contribution in [0, 0.1) is 0 Å². The Labute approximate surface area is 138 Å². The second kappa shape index (κ2) is 8.40. The summed E-state index contributed by atoms with van der Waals surface area (Å²) in [6.07, 6.45) is 4.37. The van der Waals surface area contributed by atoms with Crippen LogP contribution >= 0.6 is 0 Å². The van der Waals surface area contributed by atoms with Crippen LogP contribution in [-0.2, 0) is 16.9 Å². The lowest BCUT2D eigenvalue weighted by molar-refractivity contribution is -0.123. The van der Waals surface area contributed by atoms with E-state index in [2.05, 4.69) is 39.5 Å². The van der Waals surface area contributed by atoms with Gasteiger partial charge >= 0.3 is 0 Å². The summed E-state index contributed by atoms with van der Waals surface area (Å²) >= 11 is 0. The highest BCUT2D eigenvalue weighted by atomic mass is 16.5. The molecule has 1 saturated carbocycles. The number of hydrogen-bond donors (Lipinski definition) is 2. The summed E-state index contributed by atoms with van der Waals surface area (Å²) in [6, 6.07) is 0. The van der Waals surface area contributed by atoms with E-state index in [4.69, 9.17) is 4.52 Å². The van der Waals surface area contributed by atoms with E-state index in [9.17, 15) is 4.79 Å². The summed E-state index contributed by atoms with van der Waals surface area (Å²) in [5.74, 6) is 1.30. The van der Waals surface area contributed by atoms with E-state index in [1.807, 2.05) is 7.05 Å². The van der Waals surface area contributed by atoms with Crippen molar-refractivity contribution in [1.29, 1.82) is 0 Å². The largest absolute Gasteiger partial charge is 0.343 e. The van der Waals surface area contributed by atoms with Crippen LogP contribution in [0.15, 0.2) is 4.52 Å². The maximum atomic E-state index is 12.2. The third-order valence-corrected chi connectivity index (χ3v) is 4.59. The monoisotopic (exact) mass is 323 g/mol. The Hall–Kier alpha value is -1.47. The highest BCUT2D eigenvalue weighted by molar-refractivity contribution is 5.77. The molecule has 1 heterocycles. The molecule has 7 nitrogen and oxygen atoms in total. The molecule has 1 aliphatic rings. The van der Waals surface area contributed by atoms with E-state index in [0.717, 1.165) is 38.8 Å². The van der Waals surface area contributed by atoms with Gasteiger partial charge in [0.2, 0.25) is 11.8 Å². The molecule has 7 heteroatoms.